The molecule has 0 spiro atoms. The van der Waals surface area contributed by atoms with E-state index in [0.717, 1.165) is 12.8 Å². The summed E-state index contributed by atoms with van der Waals surface area (Å²) >= 11 is 0. The lowest BCUT2D eigenvalue weighted by Gasteiger charge is -2.10. The van der Waals surface area contributed by atoms with Crippen molar-refractivity contribution in [2.45, 2.75) is 31.5 Å². The van der Waals surface area contributed by atoms with E-state index in [4.69, 9.17) is 10.2 Å². The summed E-state index contributed by atoms with van der Waals surface area (Å²) in [7, 11) is 0. The van der Waals surface area contributed by atoms with E-state index in [2.05, 4.69) is 0 Å². The van der Waals surface area contributed by atoms with Gasteiger partial charge in [-0.25, -0.2) is 0 Å². The Labute approximate surface area is 54.8 Å². The summed E-state index contributed by atoms with van der Waals surface area (Å²) in [5.41, 5.74) is 0. The number of hydrogen-bond donors (Lipinski definition) is 2. The molecule has 0 radical (unpaired) electrons. The van der Waals surface area contributed by atoms with E-state index in [9.17, 15) is 0 Å². The van der Waals surface area contributed by atoms with Crippen molar-refractivity contribution in [3.63, 3.8) is 0 Å². The van der Waals surface area contributed by atoms with Gasteiger partial charge in [0, 0.05) is 0 Å². The zero-order valence-corrected chi connectivity index (χ0v) is 5.33. The van der Waals surface area contributed by atoms with Crippen molar-refractivity contribution in [3.8, 4) is 0 Å². The molecule has 0 heterocycles. The van der Waals surface area contributed by atoms with E-state index in [1.165, 1.54) is 0 Å². The van der Waals surface area contributed by atoms with Crippen LogP contribution in [-0.4, -0.2) is 22.4 Å². The first kappa shape index (κ1) is 6.78. The molecule has 0 aliphatic heterocycles. The number of aliphatic hydroxyl groups excluding tert-OH is 2. The molecule has 52 valence electrons. The van der Waals surface area contributed by atoms with Crippen LogP contribution in [0.15, 0.2) is 12.2 Å². The molecule has 0 unspecified atom stereocenters. The van der Waals surface area contributed by atoms with E-state index in [1.807, 2.05) is 6.08 Å². The van der Waals surface area contributed by atoms with Crippen molar-refractivity contribution < 1.29 is 10.2 Å². The first-order valence-corrected chi connectivity index (χ1v) is 3.33. The van der Waals surface area contributed by atoms with Gasteiger partial charge in [-0.1, -0.05) is 12.2 Å². The van der Waals surface area contributed by atoms with E-state index in [1.54, 1.807) is 6.08 Å². The Hall–Kier alpha value is -0.340. The van der Waals surface area contributed by atoms with Gasteiger partial charge in [-0.2, -0.15) is 0 Å². The van der Waals surface area contributed by atoms with Gasteiger partial charge in [-0.3, -0.25) is 0 Å². The van der Waals surface area contributed by atoms with Crippen LogP contribution in [0.5, 0.6) is 0 Å². The summed E-state index contributed by atoms with van der Waals surface area (Å²) in [6, 6.07) is 0. The fraction of sp³-hybridized carbons (Fsp3) is 0.714. The van der Waals surface area contributed by atoms with Crippen LogP contribution in [0.4, 0.5) is 0 Å². The highest BCUT2D eigenvalue weighted by Gasteiger charge is 2.13. The molecule has 0 fully saturated rings. The monoisotopic (exact) mass is 128 g/mol. The first-order valence-electron chi connectivity index (χ1n) is 3.33. The van der Waals surface area contributed by atoms with Crippen LogP contribution in [0.2, 0.25) is 0 Å². The molecule has 0 aromatic heterocycles. The van der Waals surface area contributed by atoms with Crippen LogP contribution in [0.25, 0.3) is 0 Å². The standard InChI is InChI=1S/C7H12O2/c8-6-4-2-1-3-5-7(6)9/h2,4,6-9H,1,3,5H2/t6-,7-/m1/s1. The Bertz CT molecular complexity index is 109. The molecular formula is C7H12O2. The van der Waals surface area contributed by atoms with Gasteiger partial charge < -0.3 is 10.2 Å². The highest BCUT2D eigenvalue weighted by atomic mass is 16.3. The Morgan fingerprint density at radius 2 is 2.11 bits per heavy atom. The highest BCUT2D eigenvalue weighted by Crippen LogP contribution is 2.11. The molecule has 1 aliphatic rings. The SMILES string of the molecule is O[C@@H]1C=CCCC[C@H]1O. The molecule has 0 aromatic rings. The molecule has 0 amide bonds. The molecule has 2 nitrogen and oxygen atoms in total. The lowest BCUT2D eigenvalue weighted by Crippen LogP contribution is -2.22. The minimum absolute atomic E-state index is 0.538. The van der Waals surface area contributed by atoms with Crippen LogP contribution in [-0.2, 0) is 0 Å². The van der Waals surface area contributed by atoms with E-state index in [0.29, 0.717) is 6.42 Å². The zero-order valence-electron chi connectivity index (χ0n) is 5.33. The van der Waals surface area contributed by atoms with Crippen LogP contribution < -0.4 is 0 Å². The zero-order chi connectivity index (χ0) is 6.69. The minimum atomic E-state index is -0.632. The average molecular weight is 128 g/mol. The molecule has 1 rings (SSSR count). The molecular weight excluding hydrogens is 116 g/mol. The van der Waals surface area contributed by atoms with Gasteiger partial charge in [-0.15, -0.1) is 0 Å². The Kier molecular flexibility index (Phi) is 2.25. The molecule has 1 aliphatic carbocycles. The molecule has 2 atom stereocenters. The van der Waals surface area contributed by atoms with Gasteiger partial charge in [0.2, 0.25) is 0 Å². The summed E-state index contributed by atoms with van der Waals surface area (Å²) in [5, 5.41) is 18.1. The summed E-state index contributed by atoms with van der Waals surface area (Å²) in [6.07, 6.45) is 5.09. The normalized spacial score (nSPS) is 36.2. The lowest BCUT2D eigenvalue weighted by atomic mass is 10.1. The minimum Gasteiger partial charge on any atom is -0.390 e. The second kappa shape index (κ2) is 2.99. The number of aliphatic hydroxyl groups is 2. The third-order valence-electron chi connectivity index (χ3n) is 1.60. The summed E-state index contributed by atoms with van der Waals surface area (Å²) < 4.78 is 0. The van der Waals surface area contributed by atoms with Gasteiger partial charge in [0.15, 0.2) is 0 Å². The fourth-order valence-electron chi connectivity index (χ4n) is 0.980. The number of allylic oxidation sites excluding steroid dienone is 1. The van der Waals surface area contributed by atoms with Crippen molar-refractivity contribution in [2.75, 3.05) is 0 Å². The number of rotatable bonds is 0. The second-order valence-electron chi connectivity index (χ2n) is 2.42. The molecule has 2 N–H and O–H groups in total. The van der Waals surface area contributed by atoms with Crippen molar-refractivity contribution in [2.24, 2.45) is 0 Å². The van der Waals surface area contributed by atoms with Crippen molar-refractivity contribution >= 4 is 0 Å². The van der Waals surface area contributed by atoms with Gasteiger partial charge in [0.25, 0.3) is 0 Å². The number of hydrogen-bond acceptors (Lipinski definition) is 2. The maximum atomic E-state index is 9.06. The predicted octanol–water partition coefficient (Wildman–Crippen LogP) is 0.448. The van der Waals surface area contributed by atoms with Crippen LogP contribution in [0.3, 0.4) is 0 Å². The van der Waals surface area contributed by atoms with Gasteiger partial charge in [0.05, 0.1) is 12.2 Å². The quantitative estimate of drug-likeness (QED) is 0.465. The van der Waals surface area contributed by atoms with Crippen molar-refractivity contribution in [1.82, 2.24) is 0 Å². The van der Waals surface area contributed by atoms with E-state index < -0.39 is 12.2 Å². The molecule has 0 aromatic carbocycles. The lowest BCUT2D eigenvalue weighted by molar-refractivity contribution is 0.0444. The Morgan fingerprint density at radius 1 is 1.33 bits per heavy atom. The van der Waals surface area contributed by atoms with E-state index >= 15 is 0 Å². The average Bonchev–Trinajstić information content (AvgIpc) is 1.99. The summed E-state index contributed by atoms with van der Waals surface area (Å²) in [4.78, 5) is 0. The van der Waals surface area contributed by atoms with Crippen molar-refractivity contribution in [1.29, 1.82) is 0 Å². The summed E-state index contributed by atoms with van der Waals surface area (Å²) in [5.74, 6) is 0. The molecule has 0 saturated carbocycles. The summed E-state index contributed by atoms with van der Waals surface area (Å²) in [6.45, 7) is 0. The Balaban J connectivity index is 2.46. The molecule has 9 heavy (non-hydrogen) atoms. The molecule has 2 heteroatoms. The van der Waals surface area contributed by atoms with Crippen LogP contribution in [0.1, 0.15) is 19.3 Å². The third kappa shape index (κ3) is 1.80. The third-order valence-corrected chi connectivity index (χ3v) is 1.60. The topological polar surface area (TPSA) is 40.5 Å². The molecule has 0 bridgehead atoms. The highest BCUT2D eigenvalue weighted by molar-refractivity contribution is 4.94. The van der Waals surface area contributed by atoms with Crippen molar-refractivity contribution in [3.05, 3.63) is 12.2 Å². The van der Waals surface area contributed by atoms with Crippen LogP contribution >= 0.6 is 0 Å². The maximum Gasteiger partial charge on any atom is 0.0979 e. The smallest absolute Gasteiger partial charge is 0.0979 e. The van der Waals surface area contributed by atoms with Gasteiger partial charge in [-0.05, 0) is 19.3 Å². The largest absolute Gasteiger partial charge is 0.390 e. The van der Waals surface area contributed by atoms with Gasteiger partial charge in [0.1, 0.15) is 0 Å². The Morgan fingerprint density at radius 3 is 2.89 bits per heavy atom. The first-order chi connectivity index (χ1) is 4.30. The fourth-order valence-corrected chi connectivity index (χ4v) is 0.980. The van der Waals surface area contributed by atoms with Crippen LogP contribution in [0, 0.1) is 0 Å². The van der Waals surface area contributed by atoms with E-state index in [-0.39, 0.29) is 0 Å². The van der Waals surface area contributed by atoms with Gasteiger partial charge >= 0.3 is 0 Å². The second-order valence-corrected chi connectivity index (χ2v) is 2.42. The predicted molar refractivity (Wildman–Crippen MR) is 35.0 cm³/mol. The maximum absolute atomic E-state index is 9.06. The molecule has 0 saturated heterocycles.